The molecule has 104 valence electrons. The maximum atomic E-state index is 12.6. The maximum Gasteiger partial charge on any atom is 0.173 e. The van der Waals surface area contributed by atoms with Crippen molar-refractivity contribution in [2.24, 2.45) is 0 Å². The molecule has 0 aromatic heterocycles. The summed E-state index contributed by atoms with van der Waals surface area (Å²) in [4.78, 5) is 12.6. The van der Waals surface area contributed by atoms with Crippen molar-refractivity contribution in [1.29, 1.82) is 0 Å². The summed E-state index contributed by atoms with van der Waals surface area (Å²) < 4.78 is 0. The molecule has 0 fully saturated rings. The Morgan fingerprint density at radius 2 is 1.55 bits per heavy atom. The molecular formula is C15H10Cl4O. The van der Waals surface area contributed by atoms with Gasteiger partial charge in [0.25, 0.3) is 0 Å². The van der Waals surface area contributed by atoms with E-state index < -0.39 is 0 Å². The highest BCUT2D eigenvalue weighted by Gasteiger charge is 2.24. The highest BCUT2D eigenvalue weighted by atomic mass is 35.5. The highest BCUT2D eigenvalue weighted by Crippen LogP contribution is 2.39. The number of hydrogen-bond donors (Lipinski definition) is 0. The van der Waals surface area contributed by atoms with Crippen molar-refractivity contribution >= 4 is 52.2 Å². The predicted octanol–water partition coefficient (Wildman–Crippen LogP) is 6.29. The van der Waals surface area contributed by atoms with Gasteiger partial charge in [0.2, 0.25) is 0 Å². The molecule has 0 aliphatic heterocycles. The second-order valence-electron chi connectivity index (χ2n) is 4.34. The largest absolute Gasteiger partial charge is 0.293 e. The molecule has 0 heterocycles. The van der Waals surface area contributed by atoms with Crippen LogP contribution in [-0.4, -0.2) is 5.78 Å². The molecule has 5 heteroatoms. The van der Waals surface area contributed by atoms with Crippen LogP contribution < -0.4 is 0 Å². The Morgan fingerprint density at radius 1 is 0.950 bits per heavy atom. The number of Topliss-reactive ketones (excluding diaryl/α,β-unsaturated/α-hetero) is 1. The van der Waals surface area contributed by atoms with Gasteiger partial charge in [-0.2, -0.15) is 0 Å². The van der Waals surface area contributed by atoms with E-state index in [2.05, 4.69) is 0 Å². The summed E-state index contributed by atoms with van der Waals surface area (Å²) in [7, 11) is 0. The Bertz CT molecular complexity index is 653. The Morgan fingerprint density at radius 3 is 2.15 bits per heavy atom. The van der Waals surface area contributed by atoms with Crippen molar-refractivity contribution in [1.82, 2.24) is 0 Å². The number of halogens is 4. The Kier molecular flexibility index (Phi) is 4.98. The van der Waals surface area contributed by atoms with Crippen LogP contribution in [0.5, 0.6) is 0 Å². The minimum Gasteiger partial charge on any atom is -0.293 e. The molecule has 20 heavy (non-hydrogen) atoms. The second kappa shape index (κ2) is 6.36. The SMILES string of the molecule is CC(C(=O)c1c(Cl)cc(Cl)c(Cl)c1Cl)c1ccccc1. The number of rotatable bonds is 3. The van der Waals surface area contributed by atoms with Gasteiger partial charge < -0.3 is 0 Å². The van der Waals surface area contributed by atoms with Gasteiger partial charge in [-0.1, -0.05) is 83.7 Å². The molecule has 0 spiro atoms. The van der Waals surface area contributed by atoms with E-state index in [4.69, 9.17) is 46.4 Å². The third kappa shape index (κ3) is 2.96. The molecule has 1 atom stereocenters. The van der Waals surface area contributed by atoms with Crippen molar-refractivity contribution in [2.75, 3.05) is 0 Å². The van der Waals surface area contributed by atoms with Gasteiger partial charge in [-0.15, -0.1) is 0 Å². The zero-order chi connectivity index (χ0) is 14.9. The average molecular weight is 348 g/mol. The van der Waals surface area contributed by atoms with Gasteiger partial charge in [0.05, 0.1) is 25.7 Å². The van der Waals surface area contributed by atoms with Crippen LogP contribution in [0.4, 0.5) is 0 Å². The summed E-state index contributed by atoms with van der Waals surface area (Å²) in [5.41, 5.74) is 1.09. The molecule has 0 N–H and O–H groups in total. The second-order valence-corrected chi connectivity index (χ2v) is 5.91. The van der Waals surface area contributed by atoms with E-state index in [1.807, 2.05) is 30.3 Å². The molecule has 0 radical (unpaired) electrons. The minimum absolute atomic E-state index is 0.0944. The molecular weight excluding hydrogens is 338 g/mol. The summed E-state index contributed by atoms with van der Waals surface area (Å²) in [5.74, 6) is -0.562. The minimum atomic E-state index is -0.372. The van der Waals surface area contributed by atoms with Crippen LogP contribution in [0.15, 0.2) is 36.4 Å². The highest BCUT2D eigenvalue weighted by molar-refractivity contribution is 6.51. The van der Waals surface area contributed by atoms with Gasteiger partial charge >= 0.3 is 0 Å². The van der Waals surface area contributed by atoms with Crippen LogP contribution in [0.3, 0.4) is 0 Å². The zero-order valence-electron chi connectivity index (χ0n) is 10.5. The molecule has 1 nitrogen and oxygen atoms in total. The first kappa shape index (κ1) is 15.7. The Labute approximate surface area is 137 Å². The lowest BCUT2D eigenvalue weighted by Crippen LogP contribution is -2.11. The number of benzene rings is 2. The maximum absolute atomic E-state index is 12.6. The third-order valence-electron chi connectivity index (χ3n) is 3.05. The first-order valence-electron chi connectivity index (χ1n) is 5.85. The fourth-order valence-electron chi connectivity index (χ4n) is 1.90. The number of ketones is 1. The topological polar surface area (TPSA) is 17.1 Å². The zero-order valence-corrected chi connectivity index (χ0v) is 13.5. The van der Waals surface area contributed by atoms with Crippen molar-refractivity contribution in [3.05, 3.63) is 67.6 Å². The van der Waals surface area contributed by atoms with Gasteiger partial charge in [0.1, 0.15) is 0 Å². The normalized spacial score (nSPS) is 12.2. The lowest BCUT2D eigenvalue weighted by Gasteiger charge is -2.14. The van der Waals surface area contributed by atoms with Crippen LogP contribution in [0, 0.1) is 0 Å². The van der Waals surface area contributed by atoms with Crippen LogP contribution in [0.25, 0.3) is 0 Å². The van der Waals surface area contributed by atoms with E-state index in [0.717, 1.165) is 5.56 Å². The smallest absolute Gasteiger partial charge is 0.173 e. The summed E-state index contributed by atoms with van der Waals surface area (Å²) in [6.45, 7) is 1.80. The average Bonchev–Trinajstić information content (AvgIpc) is 2.45. The molecule has 0 bridgehead atoms. The van der Waals surface area contributed by atoms with Crippen LogP contribution in [0.1, 0.15) is 28.8 Å². The van der Waals surface area contributed by atoms with E-state index >= 15 is 0 Å². The van der Waals surface area contributed by atoms with Crippen LogP contribution in [-0.2, 0) is 0 Å². The molecule has 0 saturated carbocycles. The predicted molar refractivity (Wildman–Crippen MR) is 85.7 cm³/mol. The number of hydrogen-bond acceptors (Lipinski definition) is 1. The fourth-order valence-corrected chi connectivity index (χ4v) is 3.00. The standard InChI is InChI=1S/C15H10Cl4O/c1-8(9-5-3-2-4-6-9)15(20)12-10(16)7-11(17)13(18)14(12)19/h2-8H,1H3. The number of carbonyl (C=O) groups is 1. The van der Waals surface area contributed by atoms with Crippen molar-refractivity contribution in [2.45, 2.75) is 12.8 Å². The van der Waals surface area contributed by atoms with Crippen molar-refractivity contribution in [3.63, 3.8) is 0 Å². The molecule has 0 saturated heterocycles. The molecule has 0 aliphatic rings. The van der Waals surface area contributed by atoms with Crippen LogP contribution in [0.2, 0.25) is 20.1 Å². The van der Waals surface area contributed by atoms with Crippen LogP contribution >= 0.6 is 46.4 Å². The van der Waals surface area contributed by atoms with Gasteiger partial charge in [0.15, 0.2) is 5.78 Å². The van der Waals surface area contributed by atoms with E-state index in [1.54, 1.807) is 6.92 Å². The molecule has 1 unspecified atom stereocenters. The van der Waals surface area contributed by atoms with E-state index in [9.17, 15) is 4.79 Å². The first-order chi connectivity index (χ1) is 9.43. The summed E-state index contributed by atoms with van der Waals surface area (Å²) in [6, 6.07) is 10.8. The number of carbonyl (C=O) groups excluding carboxylic acids is 1. The van der Waals surface area contributed by atoms with Gasteiger partial charge in [-0.3, -0.25) is 4.79 Å². The lowest BCUT2D eigenvalue weighted by atomic mass is 9.92. The molecule has 0 amide bonds. The molecule has 0 aliphatic carbocycles. The fraction of sp³-hybridized carbons (Fsp3) is 0.133. The van der Waals surface area contributed by atoms with Crippen molar-refractivity contribution < 1.29 is 4.79 Å². The van der Waals surface area contributed by atoms with E-state index in [1.165, 1.54) is 6.07 Å². The lowest BCUT2D eigenvalue weighted by molar-refractivity contribution is 0.0966. The monoisotopic (exact) mass is 346 g/mol. The van der Waals surface area contributed by atoms with Crippen molar-refractivity contribution in [3.8, 4) is 0 Å². The Balaban J connectivity index is 2.47. The molecule has 2 aromatic carbocycles. The quantitative estimate of drug-likeness (QED) is 0.362. The van der Waals surface area contributed by atoms with Gasteiger partial charge in [0, 0.05) is 5.92 Å². The Hall–Kier alpha value is -0.730. The summed E-state index contributed by atoms with van der Waals surface area (Å²) in [5, 5.41) is 0.668. The van der Waals surface area contributed by atoms with Gasteiger partial charge in [-0.25, -0.2) is 0 Å². The molecule has 2 rings (SSSR count). The van der Waals surface area contributed by atoms with Gasteiger partial charge in [-0.05, 0) is 11.6 Å². The van der Waals surface area contributed by atoms with E-state index in [0.29, 0.717) is 0 Å². The third-order valence-corrected chi connectivity index (χ3v) is 4.61. The summed E-state index contributed by atoms with van der Waals surface area (Å²) >= 11 is 24.0. The first-order valence-corrected chi connectivity index (χ1v) is 7.36. The summed E-state index contributed by atoms with van der Waals surface area (Å²) in [6.07, 6.45) is 0. The van der Waals surface area contributed by atoms with E-state index in [-0.39, 0.29) is 37.4 Å². The molecule has 2 aromatic rings.